The van der Waals surface area contributed by atoms with Gasteiger partial charge in [-0.15, -0.1) is 0 Å². The normalized spacial score (nSPS) is 22.4. The Morgan fingerprint density at radius 1 is 1.41 bits per heavy atom. The SMILES string of the molecule is CO[C@@H]1C[C@@H](C(=O)NCCc2ncnn2C)CC[C@H]1NC(=O)c1ccc[nH]1. The first-order valence-corrected chi connectivity index (χ1v) is 9.16. The molecular weight excluding hydrogens is 348 g/mol. The number of rotatable bonds is 7. The van der Waals surface area contributed by atoms with Crippen molar-refractivity contribution in [3.63, 3.8) is 0 Å². The summed E-state index contributed by atoms with van der Waals surface area (Å²) < 4.78 is 7.25. The lowest BCUT2D eigenvalue weighted by Gasteiger charge is -2.35. The molecule has 27 heavy (non-hydrogen) atoms. The minimum absolute atomic E-state index is 0.0216. The molecule has 0 saturated heterocycles. The summed E-state index contributed by atoms with van der Waals surface area (Å²) in [6, 6.07) is 3.41. The number of H-pyrrole nitrogens is 1. The van der Waals surface area contributed by atoms with Crippen molar-refractivity contribution in [2.45, 2.75) is 37.8 Å². The van der Waals surface area contributed by atoms with Gasteiger partial charge in [0.05, 0.1) is 12.1 Å². The van der Waals surface area contributed by atoms with Crippen molar-refractivity contribution >= 4 is 11.8 Å². The van der Waals surface area contributed by atoms with Crippen LogP contribution in [0, 0.1) is 5.92 Å². The van der Waals surface area contributed by atoms with Gasteiger partial charge in [0.2, 0.25) is 5.91 Å². The molecule has 3 N–H and O–H groups in total. The maximum atomic E-state index is 12.5. The second-order valence-electron chi connectivity index (χ2n) is 6.79. The van der Waals surface area contributed by atoms with E-state index >= 15 is 0 Å². The van der Waals surface area contributed by atoms with Gasteiger partial charge in [-0.2, -0.15) is 5.10 Å². The third-order valence-corrected chi connectivity index (χ3v) is 5.08. The third kappa shape index (κ3) is 4.73. The van der Waals surface area contributed by atoms with Crippen LogP contribution >= 0.6 is 0 Å². The van der Waals surface area contributed by atoms with Crippen molar-refractivity contribution in [3.05, 3.63) is 36.2 Å². The average molecular weight is 374 g/mol. The summed E-state index contributed by atoms with van der Waals surface area (Å²) in [6.07, 6.45) is 5.66. The summed E-state index contributed by atoms with van der Waals surface area (Å²) in [6.45, 7) is 0.520. The zero-order valence-corrected chi connectivity index (χ0v) is 15.6. The fourth-order valence-corrected chi connectivity index (χ4v) is 3.50. The second-order valence-corrected chi connectivity index (χ2v) is 6.79. The van der Waals surface area contributed by atoms with Crippen LogP contribution in [0.5, 0.6) is 0 Å². The molecule has 1 aliphatic rings. The highest BCUT2D eigenvalue weighted by Crippen LogP contribution is 2.27. The molecule has 0 aromatic carbocycles. The zero-order valence-electron chi connectivity index (χ0n) is 15.6. The van der Waals surface area contributed by atoms with Crippen LogP contribution in [0.4, 0.5) is 0 Å². The summed E-state index contributed by atoms with van der Waals surface area (Å²) in [4.78, 5) is 31.8. The Bertz CT molecular complexity index is 757. The van der Waals surface area contributed by atoms with E-state index in [2.05, 4.69) is 25.7 Å². The van der Waals surface area contributed by atoms with Crippen molar-refractivity contribution < 1.29 is 14.3 Å². The van der Waals surface area contributed by atoms with Gasteiger partial charge in [-0.05, 0) is 31.4 Å². The minimum Gasteiger partial charge on any atom is -0.379 e. The van der Waals surface area contributed by atoms with E-state index in [0.717, 1.165) is 5.82 Å². The van der Waals surface area contributed by atoms with Gasteiger partial charge in [-0.3, -0.25) is 14.3 Å². The molecule has 0 aliphatic heterocycles. The molecule has 2 aromatic rings. The number of hydrogen-bond donors (Lipinski definition) is 3. The molecule has 0 bridgehead atoms. The van der Waals surface area contributed by atoms with Crippen LogP contribution in [-0.4, -0.2) is 57.4 Å². The van der Waals surface area contributed by atoms with Gasteiger partial charge in [-0.1, -0.05) is 0 Å². The van der Waals surface area contributed by atoms with E-state index < -0.39 is 0 Å². The number of carbonyl (C=O) groups is 2. The topological polar surface area (TPSA) is 114 Å². The van der Waals surface area contributed by atoms with E-state index in [1.54, 1.807) is 30.1 Å². The quantitative estimate of drug-likeness (QED) is 0.650. The van der Waals surface area contributed by atoms with Crippen molar-refractivity contribution in [1.82, 2.24) is 30.4 Å². The number of nitrogens with one attached hydrogen (secondary N) is 3. The fourth-order valence-electron chi connectivity index (χ4n) is 3.50. The Morgan fingerprint density at radius 2 is 2.26 bits per heavy atom. The van der Waals surface area contributed by atoms with Crippen LogP contribution in [0.25, 0.3) is 0 Å². The van der Waals surface area contributed by atoms with Crippen LogP contribution in [0.15, 0.2) is 24.7 Å². The van der Waals surface area contributed by atoms with Crippen LogP contribution in [0.3, 0.4) is 0 Å². The first-order valence-electron chi connectivity index (χ1n) is 9.16. The van der Waals surface area contributed by atoms with Gasteiger partial charge < -0.3 is 20.4 Å². The fraction of sp³-hybridized carbons (Fsp3) is 0.556. The predicted octanol–water partition coefficient (Wildman–Crippen LogP) is 0.416. The molecule has 9 heteroatoms. The number of nitrogens with zero attached hydrogens (tertiary/aromatic N) is 3. The molecule has 9 nitrogen and oxygen atoms in total. The van der Waals surface area contributed by atoms with Crippen LogP contribution in [0.1, 0.15) is 35.6 Å². The molecule has 2 aromatic heterocycles. The molecule has 1 fully saturated rings. The highest BCUT2D eigenvalue weighted by Gasteiger charge is 2.35. The summed E-state index contributed by atoms with van der Waals surface area (Å²) >= 11 is 0. The molecule has 0 radical (unpaired) electrons. The van der Waals surface area contributed by atoms with E-state index in [-0.39, 0.29) is 29.9 Å². The van der Waals surface area contributed by atoms with Gasteiger partial charge >= 0.3 is 0 Å². The van der Waals surface area contributed by atoms with Crippen LogP contribution in [0.2, 0.25) is 0 Å². The number of aromatic amines is 1. The summed E-state index contributed by atoms with van der Waals surface area (Å²) in [5.41, 5.74) is 0.522. The number of aryl methyl sites for hydroxylation is 1. The van der Waals surface area contributed by atoms with Gasteiger partial charge in [-0.25, -0.2) is 4.98 Å². The number of methoxy groups -OCH3 is 1. The molecule has 3 rings (SSSR count). The molecule has 2 heterocycles. The Labute approximate surface area is 157 Å². The predicted molar refractivity (Wildman–Crippen MR) is 97.9 cm³/mol. The third-order valence-electron chi connectivity index (χ3n) is 5.08. The number of carbonyl (C=O) groups excluding carboxylic acids is 2. The lowest BCUT2D eigenvalue weighted by Crippen LogP contribution is -2.50. The highest BCUT2D eigenvalue weighted by molar-refractivity contribution is 5.92. The van der Waals surface area contributed by atoms with E-state index in [9.17, 15) is 9.59 Å². The van der Waals surface area contributed by atoms with Gasteiger partial charge in [0.25, 0.3) is 5.91 Å². The standard InChI is InChI=1S/C18H26N6O3/c1-24-16(21-11-22-24)7-9-20-17(25)12-5-6-13(15(10-12)27-2)23-18(26)14-4-3-8-19-14/h3-4,8,11-13,15,19H,5-7,9-10H2,1-2H3,(H,20,25)(H,23,26)/t12-,13+,15+/m0/s1. The molecule has 0 spiro atoms. The number of ether oxygens (including phenoxy) is 1. The average Bonchev–Trinajstić information content (AvgIpc) is 3.34. The van der Waals surface area contributed by atoms with E-state index in [0.29, 0.717) is 37.9 Å². The van der Waals surface area contributed by atoms with Crippen LogP contribution in [-0.2, 0) is 23.0 Å². The van der Waals surface area contributed by atoms with Gasteiger partial charge in [0.1, 0.15) is 17.8 Å². The lowest BCUT2D eigenvalue weighted by atomic mass is 9.83. The van der Waals surface area contributed by atoms with Crippen LogP contribution < -0.4 is 10.6 Å². The number of hydrogen-bond acceptors (Lipinski definition) is 5. The maximum absolute atomic E-state index is 12.5. The molecule has 0 unspecified atom stereocenters. The van der Waals surface area contributed by atoms with Gasteiger partial charge in [0.15, 0.2) is 0 Å². The molecule has 2 amide bonds. The number of amides is 2. The van der Waals surface area contributed by atoms with E-state index in [1.165, 1.54) is 6.33 Å². The second kappa shape index (κ2) is 8.81. The van der Waals surface area contributed by atoms with Crippen molar-refractivity contribution in [2.24, 2.45) is 13.0 Å². The van der Waals surface area contributed by atoms with Gasteiger partial charge in [0, 0.05) is 39.2 Å². The monoisotopic (exact) mass is 374 g/mol. The molecular formula is C18H26N6O3. The molecule has 146 valence electrons. The van der Waals surface area contributed by atoms with Crippen molar-refractivity contribution in [2.75, 3.05) is 13.7 Å². The van der Waals surface area contributed by atoms with Crippen molar-refractivity contribution in [3.8, 4) is 0 Å². The Hall–Kier alpha value is -2.68. The molecule has 1 aliphatic carbocycles. The first kappa shape index (κ1) is 19.1. The van der Waals surface area contributed by atoms with Crippen molar-refractivity contribution in [1.29, 1.82) is 0 Å². The minimum atomic E-state index is -0.188. The smallest absolute Gasteiger partial charge is 0.267 e. The Balaban J connectivity index is 1.47. The Morgan fingerprint density at radius 3 is 2.93 bits per heavy atom. The summed E-state index contributed by atoms with van der Waals surface area (Å²) in [5, 5.41) is 9.99. The Kier molecular flexibility index (Phi) is 6.23. The zero-order chi connectivity index (χ0) is 19.2. The molecule has 3 atom stereocenters. The van der Waals surface area contributed by atoms with E-state index in [4.69, 9.17) is 4.74 Å². The lowest BCUT2D eigenvalue weighted by molar-refractivity contribution is -0.127. The van der Waals surface area contributed by atoms with E-state index in [1.807, 2.05) is 7.05 Å². The highest BCUT2D eigenvalue weighted by atomic mass is 16.5. The largest absolute Gasteiger partial charge is 0.379 e. The number of aromatic nitrogens is 4. The maximum Gasteiger partial charge on any atom is 0.267 e. The summed E-state index contributed by atoms with van der Waals surface area (Å²) in [5.74, 6) is 0.584. The summed E-state index contributed by atoms with van der Waals surface area (Å²) in [7, 11) is 3.45. The first-order chi connectivity index (χ1) is 13.1. The molecule has 1 saturated carbocycles.